The highest BCUT2D eigenvalue weighted by molar-refractivity contribution is 4.38. The number of rotatable bonds is 0. The van der Waals surface area contributed by atoms with Crippen LogP contribution in [0, 0.1) is 12.8 Å². The molecule has 0 unspecified atom stereocenters. The van der Waals surface area contributed by atoms with Crippen molar-refractivity contribution < 1.29 is 1.43 Å². The van der Waals surface area contributed by atoms with Gasteiger partial charge in [-0.15, -0.1) is 0 Å². The first kappa shape index (κ1) is 4.00. The molecule has 0 aliphatic rings. The van der Waals surface area contributed by atoms with Crippen molar-refractivity contribution in [2.75, 3.05) is 0 Å². The lowest BCUT2D eigenvalue weighted by atomic mass is 10.3. The van der Waals surface area contributed by atoms with Crippen molar-refractivity contribution in [3.63, 3.8) is 0 Å². The quantitative estimate of drug-likeness (QED) is 0.397. The summed E-state index contributed by atoms with van der Waals surface area (Å²) in [6.45, 7) is 7.75. The molecule has 0 aliphatic heterocycles. The molecule has 0 heteroatoms. The third-order valence-electron chi connectivity index (χ3n) is 0. The van der Waals surface area contributed by atoms with Crippen molar-refractivity contribution in [3.8, 4) is 0 Å². The third-order valence-corrected chi connectivity index (χ3v) is 0. The monoisotopic (exact) mass is 58.1 g/mol. The summed E-state index contributed by atoms with van der Waals surface area (Å²) in [5, 5.41) is 0. The van der Waals surface area contributed by atoms with Crippen molar-refractivity contribution in [3.05, 3.63) is 6.92 Å². The van der Waals surface area contributed by atoms with Gasteiger partial charge in [0.25, 0.3) is 0 Å². The fourth-order valence-electron chi connectivity index (χ4n) is 0. The number of hydrogen-bond acceptors (Lipinski definition) is 0. The van der Waals surface area contributed by atoms with E-state index in [-0.39, 0.29) is 1.43 Å². The molecule has 4 heavy (non-hydrogen) atoms. The Morgan fingerprint density at radius 2 is 1.75 bits per heavy atom. The molecule has 0 aromatic rings. The van der Waals surface area contributed by atoms with Crippen LogP contribution < -0.4 is 0 Å². The van der Waals surface area contributed by atoms with Crippen LogP contribution in [0.15, 0.2) is 0 Å². The van der Waals surface area contributed by atoms with E-state index >= 15 is 0 Å². The van der Waals surface area contributed by atoms with E-state index in [1.165, 1.54) is 0 Å². The average Bonchev–Trinajstić information content (AvgIpc) is 0.811. The first-order valence-electron chi connectivity index (χ1n) is 1.56. The molecule has 0 fully saturated rings. The minimum Gasteiger partial charge on any atom is -0.0628 e. The van der Waals surface area contributed by atoms with Gasteiger partial charge in [0.2, 0.25) is 0 Å². The molecular formula is C4H10+. The zero-order valence-electron chi connectivity index (χ0n) is 4.28. The van der Waals surface area contributed by atoms with Gasteiger partial charge in [0.15, 0.2) is 0 Å². The van der Waals surface area contributed by atoms with E-state index in [1.54, 1.807) is 0 Å². The maximum Gasteiger partial charge on any atom is 1.00 e. The van der Waals surface area contributed by atoms with E-state index in [4.69, 9.17) is 0 Å². The lowest BCUT2D eigenvalue weighted by Gasteiger charge is -1.78. The molecule has 0 spiro atoms. The highest BCUT2D eigenvalue weighted by atomic mass is 13.7. The molecular weight excluding hydrogens is 48.0 g/mol. The Morgan fingerprint density at radius 3 is 1.75 bits per heavy atom. The zero-order chi connectivity index (χ0) is 3.58. The maximum absolute atomic E-state index is 3.64. The Labute approximate surface area is 29.3 Å². The fourth-order valence-corrected chi connectivity index (χ4v) is 0. The molecule has 1 radical (unpaired) electrons. The summed E-state index contributed by atoms with van der Waals surface area (Å²) in [7, 11) is 0. The molecule has 25 valence electrons. The molecule has 0 aromatic carbocycles. The summed E-state index contributed by atoms with van der Waals surface area (Å²) >= 11 is 0. The molecule has 0 atom stereocenters. The van der Waals surface area contributed by atoms with Crippen LogP contribution in [-0.4, -0.2) is 0 Å². The highest BCUT2D eigenvalue weighted by Gasteiger charge is 1.68. The van der Waals surface area contributed by atoms with E-state index in [0.29, 0.717) is 5.92 Å². The zero-order valence-corrected chi connectivity index (χ0v) is 3.28. The largest absolute Gasteiger partial charge is 1.00 e. The van der Waals surface area contributed by atoms with E-state index < -0.39 is 0 Å². The molecule has 0 saturated carbocycles. The fraction of sp³-hybridized carbons (Fsp3) is 0.750. The standard InChI is InChI=1S/C4H9/c1-4(2)3/h4H,1H2,2-3H3/p+1. The Morgan fingerprint density at radius 1 is 1.75 bits per heavy atom. The van der Waals surface area contributed by atoms with Crippen LogP contribution in [0.3, 0.4) is 0 Å². The van der Waals surface area contributed by atoms with E-state index in [2.05, 4.69) is 20.8 Å². The van der Waals surface area contributed by atoms with Crippen molar-refractivity contribution in [1.29, 1.82) is 0 Å². The lowest BCUT2D eigenvalue weighted by Crippen LogP contribution is -1.67. The summed E-state index contributed by atoms with van der Waals surface area (Å²) in [5.41, 5.74) is 0. The molecule has 0 bridgehead atoms. The van der Waals surface area contributed by atoms with Crippen molar-refractivity contribution in [2.45, 2.75) is 13.8 Å². The topological polar surface area (TPSA) is 0 Å². The van der Waals surface area contributed by atoms with Crippen molar-refractivity contribution in [2.24, 2.45) is 5.92 Å². The second-order valence-electron chi connectivity index (χ2n) is 1.39. The smallest absolute Gasteiger partial charge is 0.0628 e. The summed E-state index contributed by atoms with van der Waals surface area (Å²) in [5.74, 6) is 0.583. The summed E-state index contributed by atoms with van der Waals surface area (Å²) in [6.07, 6.45) is 0. The van der Waals surface area contributed by atoms with E-state index in [9.17, 15) is 0 Å². The summed E-state index contributed by atoms with van der Waals surface area (Å²) < 4.78 is 0. The second-order valence-corrected chi connectivity index (χ2v) is 1.39. The molecule has 0 nitrogen and oxygen atoms in total. The van der Waals surface area contributed by atoms with Crippen LogP contribution in [-0.2, 0) is 0 Å². The Balaban J connectivity index is 0. The minimum absolute atomic E-state index is 0. The van der Waals surface area contributed by atoms with Gasteiger partial charge in [-0.1, -0.05) is 20.8 Å². The molecule has 0 rings (SSSR count). The molecule has 0 saturated heterocycles. The van der Waals surface area contributed by atoms with Crippen LogP contribution in [0.2, 0.25) is 0 Å². The molecule has 0 aliphatic carbocycles. The SMILES string of the molecule is [CH2]C(C)C.[H+]. The van der Waals surface area contributed by atoms with Gasteiger partial charge in [0.1, 0.15) is 0 Å². The minimum atomic E-state index is 0. The van der Waals surface area contributed by atoms with Gasteiger partial charge >= 0.3 is 1.43 Å². The Kier molecular flexibility index (Phi) is 1.33. The molecule has 0 heterocycles. The van der Waals surface area contributed by atoms with Gasteiger partial charge < -0.3 is 0 Å². The van der Waals surface area contributed by atoms with Gasteiger partial charge in [-0.05, 0) is 5.92 Å². The van der Waals surface area contributed by atoms with Gasteiger partial charge in [-0.25, -0.2) is 0 Å². The highest BCUT2D eigenvalue weighted by Crippen LogP contribution is 1.80. The Bertz CT molecular complexity index is 8.36. The normalized spacial score (nSPS) is 9.00. The predicted octanol–water partition coefficient (Wildman–Crippen LogP) is 1.59. The van der Waals surface area contributed by atoms with Crippen molar-refractivity contribution >= 4 is 0 Å². The van der Waals surface area contributed by atoms with E-state index in [1.807, 2.05) is 0 Å². The van der Waals surface area contributed by atoms with Crippen molar-refractivity contribution in [1.82, 2.24) is 0 Å². The maximum atomic E-state index is 3.64. The molecule has 0 N–H and O–H groups in total. The first-order chi connectivity index (χ1) is 1.73. The van der Waals surface area contributed by atoms with Crippen LogP contribution in [0.4, 0.5) is 0 Å². The molecule has 0 amide bonds. The van der Waals surface area contributed by atoms with Gasteiger partial charge in [0.05, 0.1) is 0 Å². The third kappa shape index (κ3) is 0. The summed E-state index contributed by atoms with van der Waals surface area (Å²) in [6, 6.07) is 0. The average molecular weight is 58.1 g/mol. The van der Waals surface area contributed by atoms with Crippen LogP contribution in [0.5, 0.6) is 0 Å². The first-order valence-corrected chi connectivity index (χ1v) is 1.56. The van der Waals surface area contributed by atoms with Gasteiger partial charge in [0, 0.05) is 0 Å². The summed E-state index contributed by atoms with van der Waals surface area (Å²) in [4.78, 5) is 0. The number of hydrogen-bond donors (Lipinski definition) is 0. The Hall–Kier alpha value is 0. The van der Waals surface area contributed by atoms with E-state index in [0.717, 1.165) is 0 Å². The van der Waals surface area contributed by atoms with Crippen LogP contribution >= 0.6 is 0 Å². The van der Waals surface area contributed by atoms with Gasteiger partial charge in [-0.3, -0.25) is 0 Å². The lowest BCUT2D eigenvalue weighted by molar-refractivity contribution is 0.827. The molecule has 0 aromatic heterocycles. The van der Waals surface area contributed by atoms with Gasteiger partial charge in [-0.2, -0.15) is 0 Å². The predicted molar refractivity (Wildman–Crippen MR) is 21.3 cm³/mol. The van der Waals surface area contributed by atoms with Crippen LogP contribution in [0.25, 0.3) is 0 Å². The van der Waals surface area contributed by atoms with Crippen LogP contribution in [0.1, 0.15) is 15.3 Å². The second kappa shape index (κ2) is 1.33.